The number of rotatable bonds is 5. The van der Waals surface area contributed by atoms with E-state index in [9.17, 15) is 9.59 Å². The molecule has 18 heavy (non-hydrogen) atoms. The molecule has 0 aliphatic rings. The first-order valence-electron chi connectivity index (χ1n) is 5.84. The van der Waals surface area contributed by atoms with Crippen LogP contribution in [0.4, 0.5) is 5.69 Å². The van der Waals surface area contributed by atoms with E-state index in [1.54, 1.807) is 13.0 Å². The third-order valence-corrected chi connectivity index (χ3v) is 2.31. The Morgan fingerprint density at radius 2 is 2.22 bits per heavy atom. The number of anilines is 1. The number of nitrogen functional groups attached to an aromatic ring is 1. The molecule has 1 rings (SSSR count). The average molecular weight is 250 g/mol. The van der Waals surface area contributed by atoms with E-state index >= 15 is 0 Å². The summed E-state index contributed by atoms with van der Waals surface area (Å²) in [6.07, 6.45) is 2.30. The van der Waals surface area contributed by atoms with Crippen LogP contribution in [0.15, 0.2) is 18.3 Å². The molecule has 1 atom stereocenters. The van der Waals surface area contributed by atoms with Crippen LogP contribution in [-0.4, -0.2) is 29.4 Å². The van der Waals surface area contributed by atoms with Crippen molar-refractivity contribution in [3.8, 4) is 0 Å². The molecule has 6 heteroatoms. The minimum absolute atomic E-state index is 0.199. The molecule has 6 nitrogen and oxygen atoms in total. The molecule has 0 saturated heterocycles. The monoisotopic (exact) mass is 250 g/mol. The standard InChI is InChI=1S/C12H18N4O2/c1-3-5-15-11(17)8(2)16-12(18)10-7-9(13)4-6-14-10/h4,6-8H,3,5H2,1-2H3,(H2,13,14)(H,15,17)(H,16,18). The van der Waals surface area contributed by atoms with Crippen molar-refractivity contribution in [1.82, 2.24) is 15.6 Å². The maximum absolute atomic E-state index is 11.8. The van der Waals surface area contributed by atoms with E-state index in [1.807, 2.05) is 6.92 Å². The Morgan fingerprint density at radius 1 is 1.50 bits per heavy atom. The lowest BCUT2D eigenvalue weighted by molar-refractivity contribution is -0.122. The van der Waals surface area contributed by atoms with Gasteiger partial charge in [-0.25, -0.2) is 0 Å². The molecule has 0 aromatic carbocycles. The fourth-order valence-corrected chi connectivity index (χ4v) is 1.31. The molecule has 0 aliphatic heterocycles. The van der Waals surface area contributed by atoms with Crippen LogP contribution in [0.5, 0.6) is 0 Å². The van der Waals surface area contributed by atoms with E-state index in [0.717, 1.165) is 6.42 Å². The van der Waals surface area contributed by atoms with Crippen LogP contribution in [0.25, 0.3) is 0 Å². The lowest BCUT2D eigenvalue weighted by Crippen LogP contribution is -2.45. The van der Waals surface area contributed by atoms with Crippen molar-refractivity contribution in [2.45, 2.75) is 26.3 Å². The fourth-order valence-electron chi connectivity index (χ4n) is 1.31. The minimum Gasteiger partial charge on any atom is -0.399 e. The highest BCUT2D eigenvalue weighted by molar-refractivity contribution is 5.96. The maximum atomic E-state index is 11.8. The van der Waals surface area contributed by atoms with Crippen molar-refractivity contribution in [2.24, 2.45) is 0 Å². The van der Waals surface area contributed by atoms with Gasteiger partial charge in [0.15, 0.2) is 0 Å². The summed E-state index contributed by atoms with van der Waals surface area (Å²) in [6, 6.07) is 2.45. The zero-order chi connectivity index (χ0) is 13.5. The van der Waals surface area contributed by atoms with Crippen LogP contribution in [0.1, 0.15) is 30.8 Å². The minimum atomic E-state index is -0.604. The number of carbonyl (C=O) groups excluding carboxylic acids is 2. The Morgan fingerprint density at radius 3 is 2.83 bits per heavy atom. The van der Waals surface area contributed by atoms with Crippen LogP contribution in [-0.2, 0) is 4.79 Å². The van der Waals surface area contributed by atoms with E-state index in [4.69, 9.17) is 5.73 Å². The molecule has 2 amide bonds. The van der Waals surface area contributed by atoms with Crippen molar-refractivity contribution < 1.29 is 9.59 Å². The SMILES string of the molecule is CCCNC(=O)C(C)NC(=O)c1cc(N)ccn1. The molecule has 0 bridgehead atoms. The third kappa shape index (κ3) is 4.04. The molecule has 0 radical (unpaired) electrons. The predicted molar refractivity (Wildman–Crippen MR) is 68.9 cm³/mol. The Kier molecular flexibility index (Phi) is 5.10. The Labute approximate surface area is 106 Å². The summed E-state index contributed by atoms with van der Waals surface area (Å²) in [5.41, 5.74) is 6.21. The van der Waals surface area contributed by atoms with Gasteiger partial charge in [-0.3, -0.25) is 14.6 Å². The van der Waals surface area contributed by atoms with E-state index in [1.165, 1.54) is 12.3 Å². The average Bonchev–Trinajstić information content (AvgIpc) is 2.35. The number of hydrogen-bond acceptors (Lipinski definition) is 4. The first-order valence-corrected chi connectivity index (χ1v) is 5.84. The second-order valence-electron chi connectivity index (χ2n) is 3.96. The Balaban J connectivity index is 2.56. The number of aromatic nitrogens is 1. The molecular formula is C12H18N4O2. The Bertz CT molecular complexity index is 434. The molecule has 0 fully saturated rings. The Hall–Kier alpha value is -2.11. The summed E-state index contributed by atoms with van der Waals surface area (Å²) < 4.78 is 0. The van der Waals surface area contributed by atoms with Crippen molar-refractivity contribution in [1.29, 1.82) is 0 Å². The van der Waals surface area contributed by atoms with Crippen molar-refractivity contribution >= 4 is 17.5 Å². The molecule has 0 saturated carbocycles. The molecule has 98 valence electrons. The highest BCUT2D eigenvalue weighted by atomic mass is 16.2. The molecular weight excluding hydrogens is 232 g/mol. The second-order valence-corrected chi connectivity index (χ2v) is 3.96. The summed E-state index contributed by atoms with van der Waals surface area (Å²) in [4.78, 5) is 27.2. The summed E-state index contributed by atoms with van der Waals surface area (Å²) in [6.45, 7) is 4.17. The largest absolute Gasteiger partial charge is 0.399 e. The van der Waals surface area contributed by atoms with Gasteiger partial charge in [0, 0.05) is 18.4 Å². The quantitative estimate of drug-likeness (QED) is 0.700. The lowest BCUT2D eigenvalue weighted by Gasteiger charge is -2.13. The van der Waals surface area contributed by atoms with Crippen molar-refractivity contribution in [3.63, 3.8) is 0 Å². The topological polar surface area (TPSA) is 97.1 Å². The molecule has 0 spiro atoms. The van der Waals surface area contributed by atoms with Crippen LogP contribution in [0.3, 0.4) is 0 Å². The van der Waals surface area contributed by atoms with Crippen LogP contribution < -0.4 is 16.4 Å². The van der Waals surface area contributed by atoms with Crippen LogP contribution in [0.2, 0.25) is 0 Å². The van der Waals surface area contributed by atoms with E-state index in [0.29, 0.717) is 12.2 Å². The molecule has 4 N–H and O–H groups in total. The number of nitrogens with zero attached hydrogens (tertiary/aromatic N) is 1. The number of amides is 2. The van der Waals surface area contributed by atoms with Gasteiger partial charge in [-0.05, 0) is 25.5 Å². The van der Waals surface area contributed by atoms with Gasteiger partial charge in [0.25, 0.3) is 5.91 Å². The molecule has 1 heterocycles. The summed E-state index contributed by atoms with van der Waals surface area (Å²) in [5.74, 6) is -0.629. The van der Waals surface area contributed by atoms with Gasteiger partial charge >= 0.3 is 0 Å². The summed E-state index contributed by atoms with van der Waals surface area (Å²) in [5, 5.41) is 5.26. The van der Waals surface area contributed by atoms with Gasteiger partial charge in [0.2, 0.25) is 5.91 Å². The van der Waals surface area contributed by atoms with Crippen LogP contribution >= 0.6 is 0 Å². The van der Waals surface area contributed by atoms with Crippen molar-refractivity contribution in [2.75, 3.05) is 12.3 Å². The van der Waals surface area contributed by atoms with Crippen molar-refractivity contribution in [3.05, 3.63) is 24.0 Å². The zero-order valence-corrected chi connectivity index (χ0v) is 10.6. The van der Waals surface area contributed by atoms with Gasteiger partial charge in [-0.1, -0.05) is 6.92 Å². The van der Waals surface area contributed by atoms with Gasteiger partial charge in [0.05, 0.1) is 0 Å². The molecule has 1 aromatic rings. The van der Waals surface area contributed by atoms with E-state index < -0.39 is 11.9 Å². The molecule has 1 unspecified atom stereocenters. The van der Waals surface area contributed by atoms with E-state index in [-0.39, 0.29) is 11.6 Å². The van der Waals surface area contributed by atoms with Gasteiger partial charge in [-0.15, -0.1) is 0 Å². The molecule has 1 aromatic heterocycles. The highest BCUT2D eigenvalue weighted by Gasteiger charge is 2.16. The number of nitrogens with one attached hydrogen (secondary N) is 2. The first kappa shape index (κ1) is 14.0. The summed E-state index contributed by atoms with van der Waals surface area (Å²) >= 11 is 0. The predicted octanol–water partition coefficient (Wildman–Crippen LogP) is 0.308. The number of nitrogens with two attached hydrogens (primary N) is 1. The third-order valence-electron chi connectivity index (χ3n) is 2.31. The van der Waals surface area contributed by atoms with E-state index in [2.05, 4.69) is 15.6 Å². The number of hydrogen-bond donors (Lipinski definition) is 3. The number of carbonyl (C=O) groups is 2. The second kappa shape index (κ2) is 6.58. The smallest absolute Gasteiger partial charge is 0.270 e. The van der Waals surface area contributed by atoms with Crippen LogP contribution in [0, 0.1) is 0 Å². The molecule has 0 aliphatic carbocycles. The summed E-state index contributed by atoms with van der Waals surface area (Å²) in [7, 11) is 0. The normalized spacial score (nSPS) is 11.7. The van der Waals surface area contributed by atoms with Gasteiger partial charge in [0.1, 0.15) is 11.7 Å². The highest BCUT2D eigenvalue weighted by Crippen LogP contribution is 2.02. The maximum Gasteiger partial charge on any atom is 0.270 e. The van der Waals surface area contributed by atoms with Gasteiger partial charge in [-0.2, -0.15) is 0 Å². The fraction of sp³-hybridized carbons (Fsp3) is 0.417. The number of pyridine rings is 1. The first-order chi connectivity index (χ1) is 8.54. The zero-order valence-electron chi connectivity index (χ0n) is 10.6. The lowest BCUT2D eigenvalue weighted by atomic mass is 10.2. The van der Waals surface area contributed by atoms with Gasteiger partial charge < -0.3 is 16.4 Å².